The molecule has 9 heteroatoms. The lowest BCUT2D eigenvalue weighted by atomic mass is 10.1. The number of hydrogen-bond acceptors (Lipinski definition) is 8. The third-order valence-corrected chi connectivity index (χ3v) is 5.17. The summed E-state index contributed by atoms with van der Waals surface area (Å²) in [7, 11) is 2.94. The van der Waals surface area contributed by atoms with E-state index < -0.39 is 17.8 Å². The predicted molar refractivity (Wildman–Crippen MR) is 113 cm³/mol. The summed E-state index contributed by atoms with van der Waals surface area (Å²) in [6.07, 6.45) is 1.44. The van der Waals surface area contributed by atoms with Crippen molar-refractivity contribution >= 4 is 34.2 Å². The number of esters is 2. The molecule has 0 aliphatic heterocycles. The molecular weight excluding hydrogens is 410 g/mol. The summed E-state index contributed by atoms with van der Waals surface area (Å²) in [5.74, 6) is -0.911. The maximum Gasteiger partial charge on any atom is 0.348 e. The molecule has 0 saturated carbocycles. The van der Waals surface area contributed by atoms with Crippen LogP contribution in [0.4, 0.5) is 5.00 Å². The number of hydrogen-bond donors (Lipinski definition) is 1. The number of benzene rings is 1. The summed E-state index contributed by atoms with van der Waals surface area (Å²) in [5, 5.41) is 2.86. The standard InChI is InChI=1S/C21H23NO7S/c1-6-8-29-21(25)17-12(3)16(20(24)28-7-2)19(30-17)22-18(23)13-9-14(26-4)11-15(10-13)27-5/h6,9-11H,1,7-8H2,2-5H3,(H,22,23). The molecule has 1 aromatic heterocycles. The zero-order chi connectivity index (χ0) is 22.3. The van der Waals surface area contributed by atoms with E-state index in [9.17, 15) is 14.4 Å². The van der Waals surface area contributed by atoms with Crippen LogP contribution in [0.2, 0.25) is 0 Å². The van der Waals surface area contributed by atoms with Gasteiger partial charge in [0.15, 0.2) is 0 Å². The van der Waals surface area contributed by atoms with E-state index in [0.717, 1.165) is 11.3 Å². The van der Waals surface area contributed by atoms with Crippen LogP contribution in [0.1, 0.15) is 42.9 Å². The van der Waals surface area contributed by atoms with Gasteiger partial charge < -0.3 is 24.3 Å². The second-order valence-electron chi connectivity index (χ2n) is 5.92. The molecule has 1 N–H and O–H groups in total. The van der Waals surface area contributed by atoms with Gasteiger partial charge in [0, 0.05) is 11.6 Å². The summed E-state index contributed by atoms with van der Waals surface area (Å²) in [6, 6.07) is 4.69. The third-order valence-electron chi connectivity index (χ3n) is 3.98. The number of amides is 1. The van der Waals surface area contributed by atoms with Gasteiger partial charge in [-0.05, 0) is 31.5 Å². The van der Waals surface area contributed by atoms with Gasteiger partial charge in [-0.2, -0.15) is 0 Å². The minimum absolute atomic E-state index is 0.0240. The van der Waals surface area contributed by atoms with Crippen molar-refractivity contribution in [2.45, 2.75) is 13.8 Å². The lowest BCUT2D eigenvalue weighted by molar-refractivity contribution is 0.0527. The molecule has 0 unspecified atom stereocenters. The van der Waals surface area contributed by atoms with Crippen molar-refractivity contribution in [1.82, 2.24) is 0 Å². The van der Waals surface area contributed by atoms with Gasteiger partial charge >= 0.3 is 11.9 Å². The molecule has 0 spiro atoms. The van der Waals surface area contributed by atoms with Crippen molar-refractivity contribution in [3.05, 3.63) is 52.4 Å². The van der Waals surface area contributed by atoms with Gasteiger partial charge in [-0.1, -0.05) is 12.7 Å². The molecule has 2 aromatic rings. The molecule has 0 aliphatic rings. The third kappa shape index (κ3) is 5.18. The average Bonchev–Trinajstić information content (AvgIpc) is 3.07. The molecule has 0 atom stereocenters. The summed E-state index contributed by atoms with van der Waals surface area (Å²) in [4.78, 5) is 37.9. The molecule has 160 valence electrons. The minimum atomic E-state index is -0.646. The highest BCUT2D eigenvalue weighted by molar-refractivity contribution is 7.18. The van der Waals surface area contributed by atoms with E-state index in [4.69, 9.17) is 18.9 Å². The van der Waals surface area contributed by atoms with Gasteiger partial charge in [-0.15, -0.1) is 11.3 Å². The van der Waals surface area contributed by atoms with Gasteiger partial charge in [0.25, 0.3) is 5.91 Å². The topological polar surface area (TPSA) is 100 Å². The molecule has 1 amide bonds. The van der Waals surface area contributed by atoms with Crippen LogP contribution in [-0.4, -0.2) is 45.3 Å². The van der Waals surface area contributed by atoms with Crippen molar-refractivity contribution < 1.29 is 33.3 Å². The van der Waals surface area contributed by atoms with Crippen LogP contribution >= 0.6 is 11.3 Å². The van der Waals surface area contributed by atoms with Crippen molar-refractivity contribution in [2.24, 2.45) is 0 Å². The highest BCUT2D eigenvalue weighted by Gasteiger charge is 2.27. The monoisotopic (exact) mass is 433 g/mol. The normalized spacial score (nSPS) is 10.1. The summed E-state index contributed by atoms with van der Waals surface area (Å²) in [6.45, 7) is 6.93. The Bertz CT molecular complexity index is 942. The molecule has 0 fully saturated rings. The Labute approximate surface area is 178 Å². The highest BCUT2D eigenvalue weighted by Crippen LogP contribution is 2.35. The van der Waals surface area contributed by atoms with E-state index in [1.54, 1.807) is 19.9 Å². The van der Waals surface area contributed by atoms with Crippen LogP contribution < -0.4 is 14.8 Å². The molecule has 1 heterocycles. The average molecular weight is 433 g/mol. The Kier molecular flexibility index (Phi) is 7.99. The first kappa shape index (κ1) is 23.0. The van der Waals surface area contributed by atoms with Crippen molar-refractivity contribution in [3.8, 4) is 11.5 Å². The zero-order valence-corrected chi connectivity index (χ0v) is 18.0. The predicted octanol–water partition coefficient (Wildman–Crippen LogP) is 3.85. The molecule has 30 heavy (non-hydrogen) atoms. The summed E-state index contributed by atoms with van der Waals surface area (Å²) < 4.78 is 20.5. The fourth-order valence-electron chi connectivity index (χ4n) is 2.56. The first-order valence-corrected chi connectivity index (χ1v) is 9.80. The van der Waals surface area contributed by atoms with Crippen molar-refractivity contribution in [1.29, 1.82) is 0 Å². The maximum absolute atomic E-state index is 12.8. The SMILES string of the molecule is C=CCOC(=O)c1sc(NC(=O)c2cc(OC)cc(OC)c2)c(C(=O)OCC)c1C. The van der Waals surface area contributed by atoms with E-state index >= 15 is 0 Å². The van der Waals surface area contributed by atoms with E-state index in [1.165, 1.54) is 32.4 Å². The van der Waals surface area contributed by atoms with E-state index in [2.05, 4.69) is 11.9 Å². The van der Waals surface area contributed by atoms with Crippen LogP contribution in [0.3, 0.4) is 0 Å². The first-order valence-electron chi connectivity index (χ1n) is 8.99. The Balaban J connectivity index is 2.44. The number of nitrogens with one attached hydrogen (secondary N) is 1. The molecule has 0 aliphatic carbocycles. The van der Waals surface area contributed by atoms with Gasteiger partial charge in [0.2, 0.25) is 0 Å². The van der Waals surface area contributed by atoms with Crippen LogP contribution in [-0.2, 0) is 9.47 Å². The number of rotatable bonds is 9. The van der Waals surface area contributed by atoms with E-state index in [-0.39, 0.29) is 34.2 Å². The number of carbonyl (C=O) groups is 3. The Morgan fingerprint density at radius 1 is 1.07 bits per heavy atom. The van der Waals surface area contributed by atoms with Crippen LogP contribution in [0.15, 0.2) is 30.9 Å². The summed E-state index contributed by atoms with van der Waals surface area (Å²) >= 11 is 0.938. The lowest BCUT2D eigenvalue weighted by Gasteiger charge is -2.10. The van der Waals surface area contributed by atoms with E-state index in [0.29, 0.717) is 17.1 Å². The van der Waals surface area contributed by atoms with Crippen LogP contribution in [0.25, 0.3) is 0 Å². The molecular formula is C21H23NO7S. The molecule has 0 saturated heterocycles. The smallest absolute Gasteiger partial charge is 0.348 e. The highest BCUT2D eigenvalue weighted by atomic mass is 32.1. The van der Waals surface area contributed by atoms with Crippen molar-refractivity contribution in [3.63, 3.8) is 0 Å². The largest absolute Gasteiger partial charge is 0.497 e. The quantitative estimate of drug-likeness (QED) is 0.474. The van der Waals surface area contributed by atoms with E-state index in [1.807, 2.05) is 0 Å². The van der Waals surface area contributed by atoms with Gasteiger partial charge in [0.05, 0.1) is 26.4 Å². The first-order chi connectivity index (χ1) is 14.4. The second kappa shape index (κ2) is 10.4. The molecule has 0 radical (unpaired) electrons. The molecule has 8 nitrogen and oxygen atoms in total. The zero-order valence-electron chi connectivity index (χ0n) is 17.2. The maximum atomic E-state index is 12.8. The lowest BCUT2D eigenvalue weighted by Crippen LogP contribution is -2.15. The second-order valence-corrected chi connectivity index (χ2v) is 6.94. The minimum Gasteiger partial charge on any atom is -0.497 e. The molecule has 1 aromatic carbocycles. The Morgan fingerprint density at radius 2 is 1.70 bits per heavy atom. The van der Waals surface area contributed by atoms with Crippen LogP contribution in [0, 0.1) is 6.92 Å². The number of methoxy groups -OCH3 is 2. The number of anilines is 1. The molecule has 0 bridgehead atoms. The Morgan fingerprint density at radius 3 is 2.23 bits per heavy atom. The number of carbonyl (C=O) groups excluding carboxylic acids is 3. The Hall–Kier alpha value is -3.33. The summed E-state index contributed by atoms with van der Waals surface area (Å²) in [5.41, 5.74) is 0.726. The van der Waals surface area contributed by atoms with Gasteiger partial charge in [-0.25, -0.2) is 9.59 Å². The van der Waals surface area contributed by atoms with Gasteiger partial charge in [0.1, 0.15) is 28.0 Å². The van der Waals surface area contributed by atoms with Crippen LogP contribution in [0.5, 0.6) is 11.5 Å². The van der Waals surface area contributed by atoms with Crippen molar-refractivity contribution in [2.75, 3.05) is 32.8 Å². The fraction of sp³-hybridized carbons (Fsp3) is 0.286. The van der Waals surface area contributed by atoms with Gasteiger partial charge in [-0.3, -0.25) is 4.79 Å². The molecule has 2 rings (SSSR count). The number of ether oxygens (including phenoxy) is 4. The fourth-order valence-corrected chi connectivity index (χ4v) is 3.64. The number of thiophene rings is 1.